The number of rotatable bonds is 3. The Bertz CT molecular complexity index is 1220. The molecule has 1 saturated carbocycles. The Morgan fingerprint density at radius 1 is 1.00 bits per heavy atom. The van der Waals surface area contributed by atoms with Crippen LogP contribution in [-0.4, -0.2) is 34.3 Å². The number of para-hydroxylation sites is 2. The molecule has 5 rings (SSSR count). The molecule has 7 nitrogen and oxygen atoms in total. The van der Waals surface area contributed by atoms with Gasteiger partial charge in [0.15, 0.2) is 5.82 Å². The molecule has 1 aliphatic carbocycles. The van der Waals surface area contributed by atoms with Crippen LogP contribution in [-0.2, 0) is 12.5 Å². The zero-order valence-corrected chi connectivity index (χ0v) is 16.8. The van der Waals surface area contributed by atoms with Gasteiger partial charge in [-0.25, -0.2) is 19.9 Å². The van der Waals surface area contributed by atoms with Crippen LogP contribution < -0.4 is 0 Å². The standard InChI is InChI=1S/C21H23N7/c1-12-23-18(10-19(24-12)28-14(3)22-13(2)26-28)21(4)11-15(21)20-25-16-8-6-7-9-17(16)27(20)5/h6-10,15H,11H2,1-5H3. The first-order chi connectivity index (χ1) is 13.4. The molecule has 4 aromatic rings. The van der Waals surface area contributed by atoms with E-state index in [1.165, 1.54) is 5.52 Å². The summed E-state index contributed by atoms with van der Waals surface area (Å²) in [6.45, 7) is 8.03. The quantitative estimate of drug-likeness (QED) is 0.551. The van der Waals surface area contributed by atoms with E-state index in [1.54, 1.807) is 4.68 Å². The van der Waals surface area contributed by atoms with Crippen LogP contribution in [0.2, 0.25) is 0 Å². The predicted molar refractivity (Wildman–Crippen MR) is 107 cm³/mol. The lowest BCUT2D eigenvalue weighted by Crippen LogP contribution is -2.13. The first-order valence-electron chi connectivity index (χ1n) is 9.55. The maximum atomic E-state index is 4.91. The lowest BCUT2D eigenvalue weighted by molar-refractivity contribution is 0.667. The Kier molecular flexibility index (Phi) is 3.47. The third-order valence-corrected chi connectivity index (χ3v) is 5.87. The normalized spacial score (nSPS) is 21.4. The molecule has 2 unspecified atom stereocenters. The van der Waals surface area contributed by atoms with Crippen molar-refractivity contribution in [3.63, 3.8) is 0 Å². The van der Waals surface area contributed by atoms with Gasteiger partial charge in [-0.05, 0) is 39.3 Å². The molecule has 0 spiro atoms. The van der Waals surface area contributed by atoms with E-state index in [-0.39, 0.29) is 5.41 Å². The molecule has 1 aliphatic rings. The van der Waals surface area contributed by atoms with Gasteiger partial charge in [-0.15, -0.1) is 5.10 Å². The molecule has 28 heavy (non-hydrogen) atoms. The van der Waals surface area contributed by atoms with E-state index in [1.807, 2.05) is 26.8 Å². The molecule has 0 bridgehead atoms. The molecule has 0 amide bonds. The van der Waals surface area contributed by atoms with Gasteiger partial charge in [0.2, 0.25) is 0 Å². The summed E-state index contributed by atoms with van der Waals surface area (Å²) >= 11 is 0. The number of hydrogen-bond donors (Lipinski definition) is 0. The fraction of sp³-hybridized carbons (Fsp3) is 0.381. The first kappa shape index (κ1) is 17.0. The number of aromatic nitrogens is 7. The van der Waals surface area contributed by atoms with Crippen molar-refractivity contribution < 1.29 is 0 Å². The molecular weight excluding hydrogens is 350 g/mol. The third-order valence-electron chi connectivity index (χ3n) is 5.87. The van der Waals surface area contributed by atoms with Gasteiger partial charge in [-0.1, -0.05) is 19.1 Å². The largest absolute Gasteiger partial charge is 0.331 e. The van der Waals surface area contributed by atoms with Crippen molar-refractivity contribution in [3.05, 3.63) is 59.3 Å². The summed E-state index contributed by atoms with van der Waals surface area (Å²) in [4.78, 5) is 18.7. The van der Waals surface area contributed by atoms with Crippen LogP contribution in [0.25, 0.3) is 16.9 Å². The highest BCUT2D eigenvalue weighted by Gasteiger charge is 2.55. The minimum absolute atomic E-state index is 0.0544. The fourth-order valence-electron chi connectivity index (χ4n) is 4.19. The summed E-state index contributed by atoms with van der Waals surface area (Å²) < 4.78 is 4.01. The molecule has 1 aromatic carbocycles. The van der Waals surface area contributed by atoms with E-state index < -0.39 is 0 Å². The van der Waals surface area contributed by atoms with Crippen LogP contribution in [0.4, 0.5) is 0 Å². The van der Waals surface area contributed by atoms with E-state index in [4.69, 9.17) is 9.97 Å². The van der Waals surface area contributed by atoms with Crippen LogP contribution in [0.15, 0.2) is 30.3 Å². The Morgan fingerprint density at radius 3 is 2.50 bits per heavy atom. The number of nitrogens with zero attached hydrogens (tertiary/aromatic N) is 7. The predicted octanol–water partition coefficient (Wildman–Crippen LogP) is 3.31. The lowest BCUT2D eigenvalue weighted by Gasteiger charge is -2.13. The molecule has 1 fully saturated rings. The van der Waals surface area contributed by atoms with Crippen LogP contribution in [0, 0.1) is 20.8 Å². The van der Waals surface area contributed by atoms with Gasteiger partial charge in [-0.2, -0.15) is 4.68 Å². The SMILES string of the molecule is Cc1nc(-n2nc(C)nc2C)cc(C2(C)CC2c2nc3ccccc3n2C)n1. The van der Waals surface area contributed by atoms with E-state index >= 15 is 0 Å². The summed E-state index contributed by atoms with van der Waals surface area (Å²) in [6, 6.07) is 10.3. The highest BCUT2D eigenvalue weighted by Crippen LogP contribution is 2.59. The fourth-order valence-corrected chi connectivity index (χ4v) is 4.19. The van der Waals surface area contributed by atoms with Crippen LogP contribution in [0.5, 0.6) is 0 Å². The Balaban J connectivity index is 1.56. The maximum Gasteiger partial charge on any atom is 0.159 e. The van der Waals surface area contributed by atoms with Gasteiger partial charge >= 0.3 is 0 Å². The number of imidazole rings is 1. The van der Waals surface area contributed by atoms with Crippen LogP contribution in [0.3, 0.4) is 0 Å². The summed E-state index contributed by atoms with van der Waals surface area (Å²) in [5.74, 6) is 4.55. The van der Waals surface area contributed by atoms with Gasteiger partial charge in [0.1, 0.15) is 23.3 Å². The Hall–Kier alpha value is -3.09. The molecule has 3 aromatic heterocycles. The van der Waals surface area contributed by atoms with Gasteiger partial charge in [0, 0.05) is 24.4 Å². The minimum Gasteiger partial charge on any atom is -0.331 e. The summed E-state index contributed by atoms with van der Waals surface area (Å²) in [6.07, 6.45) is 1.02. The van der Waals surface area contributed by atoms with Crippen LogP contribution in [0.1, 0.15) is 48.3 Å². The zero-order chi connectivity index (χ0) is 19.6. The summed E-state index contributed by atoms with van der Waals surface area (Å²) in [7, 11) is 2.10. The van der Waals surface area contributed by atoms with Gasteiger partial charge in [-0.3, -0.25) is 0 Å². The van der Waals surface area contributed by atoms with Gasteiger partial charge < -0.3 is 4.57 Å². The van der Waals surface area contributed by atoms with Crippen molar-refractivity contribution in [2.75, 3.05) is 0 Å². The highest BCUT2D eigenvalue weighted by molar-refractivity contribution is 5.76. The number of hydrogen-bond acceptors (Lipinski definition) is 5. The zero-order valence-electron chi connectivity index (χ0n) is 16.8. The monoisotopic (exact) mass is 373 g/mol. The molecular formula is C21H23N7. The second-order valence-corrected chi connectivity index (χ2v) is 7.97. The molecule has 0 radical (unpaired) electrons. The molecule has 142 valence electrons. The molecule has 7 heteroatoms. The van der Waals surface area contributed by atoms with E-state index in [0.29, 0.717) is 5.92 Å². The van der Waals surface area contributed by atoms with Gasteiger partial charge in [0.25, 0.3) is 0 Å². The van der Waals surface area contributed by atoms with Crippen molar-refractivity contribution in [2.45, 2.75) is 45.4 Å². The number of fused-ring (bicyclic) bond motifs is 1. The molecule has 3 heterocycles. The number of aryl methyl sites for hydroxylation is 4. The Morgan fingerprint density at radius 2 is 1.79 bits per heavy atom. The maximum absolute atomic E-state index is 4.91. The molecule has 0 aliphatic heterocycles. The molecule has 0 saturated heterocycles. The first-order valence-corrected chi connectivity index (χ1v) is 9.55. The second-order valence-electron chi connectivity index (χ2n) is 7.97. The molecule has 0 N–H and O–H groups in total. The smallest absolute Gasteiger partial charge is 0.159 e. The van der Waals surface area contributed by atoms with E-state index in [2.05, 4.69) is 57.9 Å². The van der Waals surface area contributed by atoms with E-state index in [0.717, 1.165) is 46.7 Å². The summed E-state index contributed by atoms with van der Waals surface area (Å²) in [5.41, 5.74) is 3.20. The van der Waals surface area contributed by atoms with E-state index in [9.17, 15) is 0 Å². The molecule has 2 atom stereocenters. The van der Waals surface area contributed by atoms with Gasteiger partial charge in [0.05, 0.1) is 16.7 Å². The minimum atomic E-state index is -0.0544. The van der Waals surface area contributed by atoms with Crippen LogP contribution >= 0.6 is 0 Å². The second kappa shape index (κ2) is 5.70. The number of benzene rings is 1. The van der Waals surface area contributed by atoms with Crippen molar-refractivity contribution >= 4 is 11.0 Å². The third kappa shape index (κ3) is 2.46. The highest BCUT2D eigenvalue weighted by atomic mass is 15.4. The topological polar surface area (TPSA) is 74.3 Å². The average molecular weight is 373 g/mol. The van der Waals surface area contributed by atoms with Crippen molar-refractivity contribution in [1.82, 2.24) is 34.3 Å². The Labute approximate surface area is 163 Å². The van der Waals surface area contributed by atoms with Crippen molar-refractivity contribution in [1.29, 1.82) is 0 Å². The average Bonchev–Trinajstić information content (AvgIpc) is 3.07. The lowest BCUT2D eigenvalue weighted by atomic mass is 10.0. The summed E-state index contributed by atoms with van der Waals surface area (Å²) in [5, 5.41) is 4.48. The van der Waals surface area contributed by atoms with Crippen molar-refractivity contribution in [3.8, 4) is 5.82 Å². The van der Waals surface area contributed by atoms with Crippen molar-refractivity contribution in [2.24, 2.45) is 7.05 Å².